The van der Waals surface area contributed by atoms with Crippen LogP contribution in [0.25, 0.3) is 0 Å². The summed E-state index contributed by atoms with van der Waals surface area (Å²) in [7, 11) is 1.42. The SMILES string of the molecule is COc1ccc(NC(=S)Nc2cccc(Br)c2)cc1F. The van der Waals surface area contributed by atoms with Crippen LogP contribution in [0.1, 0.15) is 0 Å². The topological polar surface area (TPSA) is 33.3 Å². The minimum absolute atomic E-state index is 0.196. The molecule has 0 saturated heterocycles. The van der Waals surface area contributed by atoms with Crippen LogP contribution in [0.2, 0.25) is 0 Å². The molecule has 2 rings (SSSR count). The van der Waals surface area contributed by atoms with E-state index < -0.39 is 5.82 Å². The highest BCUT2D eigenvalue weighted by molar-refractivity contribution is 9.10. The maximum atomic E-state index is 13.5. The fourth-order valence-corrected chi connectivity index (χ4v) is 2.24. The highest BCUT2D eigenvalue weighted by Crippen LogP contribution is 2.21. The summed E-state index contributed by atoms with van der Waals surface area (Å²) in [5, 5.41) is 6.31. The summed E-state index contributed by atoms with van der Waals surface area (Å²) in [5.74, 6) is -0.246. The van der Waals surface area contributed by atoms with Crippen molar-refractivity contribution in [1.82, 2.24) is 0 Å². The third-order valence-electron chi connectivity index (χ3n) is 2.49. The van der Waals surface area contributed by atoms with Crippen LogP contribution in [-0.2, 0) is 0 Å². The zero-order valence-electron chi connectivity index (χ0n) is 10.6. The molecule has 0 unspecified atom stereocenters. The van der Waals surface area contributed by atoms with Gasteiger partial charge in [0.2, 0.25) is 0 Å². The highest BCUT2D eigenvalue weighted by atomic mass is 79.9. The second-order valence-electron chi connectivity index (χ2n) is 3.94. The Hall–Kier alpha value is -1.66. The first-order chi connectivity index (χ1) is 9.58. The molecule has 2 aromatic carbocycles. The van der Waals surface area contributed by atoms with Crippen LogP contribution in [0.5, 0.6) is 5.75 Å². The molecule has 2 N–H and O–H groups in total. The van der Waals surface area contributed by atoms with E-state index in [1.54, 1.807) is 12.1 Å². The molecule has 0 aromatic heterocycles. The summed E-state index contributed by atoms with van der Waals surface area (Å²) in [4.78, 5) is 0. The number of halogens is 2. The monoisotopic (exact) mass is 354 g/mol. The Morgan fingerprint density at radius 1 is 1.15 bits per heavy atom. The number of methoxy groups -OCH3 is 1. The molecular weight excluding hydrogens is 343 g/mol. The molecule has 0 fully saturated rings. The lowest BCUT2D eigenvalue weighted by atomic mass is 10.3. The fourth-order valence-electron chi connectivity index (χ4n) is 1.60. The number of thiocarbonyl (C=S) groups is 1. The van der Waals surface area contributed by atoms with Crippen molar-refractivity contribution in [2.24, 2.45) is 0 Å². The van der Waals surface area contributed by atoms with Gasteiger partial charge in [0.25, 0.3) is 0 Å². The van der Waals surface area contributed by atoms with Gasteiger partial charge in [-0.05, 0) is 42.5 Å². The summed E-state index contributed by atoms with van der Waals surface area (Å²) >= 11 is 8.55. The Kier molecular flexibility index (Phi) is 4.92. The smallest absolute Gasteiger partial charge is 0.175 e. The van der Waals surface area contributed by atoms with Gasteiger partial charge in [-0.25, -0.2) is 4.39 Å². The van der Waals surface area contributed by atoms with E-state index in [1.165, 1.54) is 13.2 Å². The molecule has 3 nitrogen and oxygen atoms in total. The zero-order valence-corrected chi connectivity index (χ0v) is 13.0. The molecule has 0 amide bonds. The van der Waals surface area contributed by atoms with Gasteiger partial charge in [-0.15, -0.1) is 0 Å². The van der Waals surface area contributed by atoms with Crippen LogP contribution < -0.4 is 15.4 Å². The van der Waals surface area contributed by atoms with Crippen molar-refractivity contribution < 1.29 is 9.13 Å². The number of ether oxygens (including phenoxy) is 1. The molecule has 20 heavy (non-hydrogen) atoms. The Morgan fingerprint density at radius 2 is 1.85 bits per heavy atom. The summed E-state index contributed by atoms with van der Waals surface area (Å²) in [6.45, 7) is 0. The molecule has 6 heteroatoms. The van der Waals surface area contributed by atoms with Gasteiger partial charge in [-0.2, -0.15) is 0 Å². The lowest BCUT2D eigenvalue weighted by Gasteiger charge is -2.11. The summed E-state index contributed by atoms with van der Waals surface area (Å²) < 4.78 is 19.3. The van der Waals surface area contributed by atoms with Gasteiger partial charge in [0.05, 0.1) is 7.11 Å². The molecule has 0 spiro atoms. The van der Waals surface area contributed by atoms with Crippen LogP contribution in [0, 0.1) is 5.82 Å². The van der Waals surface area contributed by atoms with Crippen molar-refractivity contribution in [3.05, 3.63) is 52.8 Å². The molecule has 0 radical (unpaired) electrons. The van der Waals surface area contributed by atoms with Gasteiger partial charge in [0.1, 0.15) is 0 Å². The molecule has 0 aliphatic carbocycles. The maximum absolute atomic E-state index is 13.5. The first kappa shape index (κ1) is 14.7. The van der Waals surface area contributed by atoms with E-state index >= 15 is 0 Å². The molecule has 0 bridgehead atoms. The average molecular weight is 355 g/mol. The Bertz CT molecular complexity index is 636. The van der Waals surface area contributed by atoms with Gasteiger partial charge < -0.3 is 15.4 Å². The van der Waals surface area contributed by atoms with E-state index in [2.05, 4.69) is 26.6 Å². The van der Waals surface area contributed by atoms with Gasteiger partial charge in [-0.3, -0.25) is 0 Å². The highest BCUT2D eigenvalue weighted by Gasteiger charge is 2.05. The van der Waals surface area contributed by atoms with E-state index in [0.717, 1.165) is 10.2 Å². The first-order valence-corrected chi connectivity index (χ1v) is 6.96. The third kappa shape index (κ3) is 3.91. The number of hydrogen-bond donors (Lipinski definition) is 2. The van der Waals surface area contributed by atoms with Crippen molar-refractivity contribution in [3.8, 4) is 5.75 Å². The molecule has 0 aliphatic rings. The predicted octanol–water partition coefficient (Wildman–Crippen LogP) is 4.41. The van der Waals surface area contributed by atoms with E-state index in [-0.39, 0.29) is 5.75 Å². The standard InChI is InChI=1S/C14H12BrFN2OS/c1-19-13-6-5-11(8-12(13)16)18-14(20)17-10-4-2-3-9(15)7-10/h2-8H,1H3,(H2,17,18,20). The molecule has 0 atom stereocenters. The minimum Gasteiger partial charge on any atom is -0.494 e. The number of hydrogen-bond acceptors (Lipinski definition) is 2. The molecule has 2 aromatic rings. The van der Waals surface area contributed by atoms with E-state index in [0.29, 0.717) is 10.8 Å². The van der Waals surface area contributed by atoms with E-state index in [9.17, 15) is 4.39 Å². The summed E-state index contributed by atoms with van der Waals surface area (Å²) in [5.41, 5.74) is 1.39. The van der Waals surface area contributed by atoms with Crippen LogP contribution in [0.15, 0.2) is 46.9 Å². The van der Waals surface area contributed by atoms with Crippen molar-refractivity contribution in [2.45, 2.75) is 0 Å². The number of rotatable bonds is 3. The van der Waals surface area contributed by atoms with Gasteiger partial charge in [-0.1, -0.05) is 22.0 Å². The van der Waals surface area contributed by atoms with E-state index in [1.807, 2.05) is 24.3 Å². The Labute approximate surface area is 130 Å². The van der Waals surface area contributed by atoms with Crippen LogP contribution in [-0.4, -0.2) is 12.2 Å². The molecule has 0 heterocycles. The van der Waals surface area contributed by atoms with E-state index in [4.69, 9.17) is 17.0 Å². The second kappa shape index (κ2) is 6.67. The van der Waals surface area contributed by atoms with Crippen molar-refractivity contribution in [3.63, 3.8) is 0 Å². The largest absolute Gasteiger partial charge is 0.494 e. The maximum Gasteiger partial charge on any atom is 0.175 e. The zero-order chi connectivity index (χ0) is 14.5. The minimum atomic E-state index is -0.442. The predicted molar refractivity (Wildman–Crippen MR) is 86.9 cm³/mol. The lowest BCUT2D eigenvalue weighted by molar-refractivity contribution is 0.387. The quantitative estimate of drug-likeness (QED) is 0.800. The first-order valence-electron chi connectivity index (χ1n) is 5.75. The third-order valence-corrected chi connectivity index (χ3v) is 3.19. The Morgan fingerprint density at radius 3 is 2.45 bits per heavy atom. The van der Waals surface area contributed by atoms with Gasteiger partial charge in [0.15, 0.2) is 16.7 Å². The fraction of sp³-hybridized carbons (Fsp3) is 0.0714. The number of nitrogens with one attached hydrogen (secondary N) is 2. The number of benzene rings is 2. The average Bonchev–Trinajstić information content (AvgIpc) is 2.38. The molecule has 0 saturated carbocycles. The molecule has 0 aliphatic heterocycles. The van der Waals surface area contributed by atoms with Crippen LogP contribution in [0.3, 0.4) is 0 Å². The normalized spacial score (nSPS) is 9.95. The van der Waals surface area contributed by atoms with Crippen molar-refractivity contribution in [2.75, 3.05) is 17.7 Å². The van der Waals surface area contributed by atoms with Crippen LogP contribution in [0.4, 0.5) is 15.8 Å². The van der Waals surface area contributed by atoms with Gasteiger partial charge in [0, 0.05) is 21.9 Å². The van der Waals surface area contributed by atoms with Crippen molar-refractivity contribution in [1.29, 1.82) is 0 Å². The summed E-state index contributed by atoms with van der Waals surface area (Å²) in [6.07, 6.45) is 0. The second-order valence-corrected chi connectivity index (χ2v) is 5.26. The number of anilines is 2. The van der Waals surface area contributed by atoms with Crippen molar-refractivity contribution >= 4 is 44.6 Å². The van der Waals surface area contributed by atoms with Crippen LogP contribution >= 0.6 is 28.1 Å². The summed E-state index contributed by atoms with van der Waals surface area (Å²) in [6, 6.07) is 12.1. The molecular formula is C14H12BrFN2OS. The van der Waals surface area contributed by atoms with Gasteiger partial charge >= 0.3 is 0 Å². The Balaban J connectivity index is 2.03. The molecule has 104 valence electrons. The lowest BCUT2D eigenvalue weighted by Crippen LogP contribution is -2.19.